The zero-order chi connectivity index (χ0) is 22.9. The normalized spacial score (nSPS) is 21.6. The van der Waals surface area contributed by atoms with Crippen LogP contribution >= 0.6 is 11.8 Å². The van der Waals surface area contributed by atoms with Gasteiger partial charge in [-0.1, -0.05) is 6.42 Å². The van der Waals surface area contributed by atoms with Crippen LogP contribution in [0.5, 0.6) is 0 Å². The van der Waals surface area contributed by atoms with E-state index >= 15 is 0 Å². The van der Waals surface area contributed by atoms with Gasteiger partial charge in [0.1, 0.15) is 0 Å². The Hall–Kier alpha value is -1.56. The van der Waals surface area contributed by atoms with E-state index in [0.717, 1.165) is 37.9 Å². The maximum atomic E-state index is 11.9. The highest BCUT2D eigenvalue weighted by Crippen LogP contribution is 2.33. The maximum absolute atomic E-state index is 11.9. The summed E-state index contributed by atoms with van der Waals surface area (Å²) in [4.78, 5) is 33.4. The Balaban J connectivity index is 1.28. The van der Waals surface area contributed by atoms with Crippen LogP contribution in [0.15, 0.2) is 0 Å². The highest BCUT2D eigenvalue weighted by molar-refractivity contribution is 8.00. The number of carbonyl (C=O) groups excluding carboxylic acids is 3. The Morgan fingerprint density at radius 2 is 1.66 bits per heavy atom. The number of amides is 4. The zero-order valence-corrected chi connectivity index (χ0v) is 19.6. The standard InChI is InChI=1S/C21H38N4O6S/c26-16-22-7-3-9-29-11-13-31-14-12-30-10-4-8-23-19(27)6-2-1-5-18-20-17(15-32-18)24-21(28)25-20/h16-18,20H,1-15H2,(H,22,26)(H,23,27)(H2,24,25,28). The van der Waals surface area contributed by atoms with Crippen LogP contribution in [-0.2, 0) is 23.8 Å². The molecular formula is C21H38N4O6S. The van der Waals surface area contributed by atoms with E-state index < -0.39 is 0 Å². The molecule has 0 radical (unpaired) electrons. The minimum absolute atomic E-state index is 0.0523. The monoisotopic (exact) mass is 474 g/mol. The van der Waals surface area contributed by atoms with Crippen molar-refractivity contribution in [2.45, 2.75) is 55.9 Å². The van der Waals surface area contributed by atoms with Crippen LogP contribution in [0.25, 0.3) is 0 Å². The van der Waals surface area contributed by atoms with Crippen molar-refractivity contribution in [3.05, 3.63) is 0 Å². The predicted octanol–water partition coefficient (Wildman–Crippen LogP) is 0.404. The average Bonchev–Trinajstić information content (AvgIpc) is 3.33. The number of rotatable bonds is 20. The first-order valence-corrected chi connectivity index (χ1v) is 12.6. The van der Waals surface area contributed by atoms with Crippen LogP contribution in [0.3, 0.4) is 0 Å². The van der Waals surface area contributed by atoms with Crippen molar-refractivity contribution in [3.8, 4) is 0 Å². The Bertz CT molecular complexity index is 556. The Morgan fingerprint density at radius 3 is 2.38 bits per heavy atom. The number of nitrogens with one attached hydrogen (secondary N) is 4. The molecule has 0 aliphatic carbocycles. The van der Waals surface area contributed by atoms with Gasteiger partial charge in [-0.15, -0.1) is 0 Å². The van der Waals surface area contributed by atoms with Gasteiger partial charge < -0.3 is 35.5 Å². The van der Waals surface area contributed by atoms with Gasteiger partial charge in [-0.05, 0) is 25.7 Å². The number of fused-ring (bicyclic) bond motifs is 1. The molecule has 2 aliphatic heterocycles. The van der Waals surface area contributed by atoms with E-state index in [2.05, 4.69) is 21.3 Å². The van der Waals surface area contributed by atoms with Crippen molar-refractivity contribution < 1.29 is 28.6 Å². The van der Waals surface area contributed by atoms with Gasteiger partial charge in [0.15, 0.2) is 0 Å². The number of hydrogen-bond donors (Lipinski definition) is 4. The fourth-order valence-electron chi connectivity index (χ4n) is 3.64. The first-order chi connectivity index (χ1) is 15.7. The van der Waals surface area contributed by atoms with Gasteiger partial charge in [-0.2, -0.15) is 11.8 Å². The summed E-state index contributed by atoms with van der Waals surface area (Å²) >= 11 is 1.91. The number of carbonyl (C=O) groups is 3. The van der Waals surface area contributed by atoms with Crippen LogP contribution in [-0.4, -0.2) is 94.2 Å². The average molecular weight is 475 g/mol. The molecule has 0 spiro atoms. The van der Waals surface area contributed by atoms with Crippen molar-refractivity contribution in [1.82, 2.24) is 21.3 Å². The lowest BCUT2D eigenvalue weighted by Crippen LogP contribution is -2.36. The van der Waals surface area contributed by atoms with Gasteiger partial charge >= 0.3 is 6.03 Å². The lowest BCUT2D eigenvalue weighted by molar-refractivity contribution is -0.121. The summed E-state index contributed by atoms with van der Waals surface area (Å²) in [6, 6.07) is 0.448. The number of unbranched alkanes of at least 4 members (excludes halogenated alkanes) is 1. The van der Waals surface area contributed by atoms with Crippen molar-refractivity contribution in [2.24, 2.45) is 0 Å². The van der Waals surface area contributed by atoms with E-state index in [9.17, 15) is 14.4 Å². The molecule has 0 aromatic heterocycles. The fourth-order valence-corrected chi connectivity index (χ4v) is 5.19. The number of urea groups is 1. The lowest BCUT2D eigenvalue weighted by Gasteiger charge is -2.16. The molecule has 11 heteroatoms. The van der Waals surface area contributed by atoms with Crippen molar-refractivity contribution in [1.29, 1.82) is 0 Å². The first-order valence-electron chi connectivity index (χ1n) is 11.6. The molecule has 0 aromatic carbocycles. The Morgan fingerprint density at radius 1 is 0.969 bits per heavy atom. The molecule has 0 bridgehead atoms. The smallest absolute Gasteiger partial charge is 0.315 e. The summed E-state index contributed by atoms with van der Waals surface area (Å²) < 4.78 is 16.3. The zero-order valence-electron chi connectivity index (χ0n) is 18.8. The minimum atomic E-state index is -0.0523. The molecule has 10 nitrogen and oxygen atoms in total. The van der Waals surface area contributed by atoms with Crippen LogP contribution < -0.4 is 21.3 Å². The van der Waals surface area contributed by atoms with Gasteiger partial charge in [-0.3, -0.25) is 9.59 Å². The predicted molar refractivity (Wildman–Crippen MR) is 123 cm³/mol. The van der Waals surface area contributed by atoms with E-state index in [-0.39, 0.29) is 24.0 Å². The van der Waals surface area contributed by atoms with Gasteiger partial charge in [0.05, 0.1) is 38.5 Å². The highest BCUT2D eigenvalue weighted by atomic mass is 32.2. The summed E-state index contributed by atoms with van der Waals surface area (Å²) in [5.41, 5.74) is 0. The van der Waals surface area contributed by atoms with Gasteiger partial charge in [0.2, 0.25) is 12.3 Å². The number of thioether (sulfide) groups is 1. The molecule has 0 saturated carbocycles. The van der Waals surface area contributed by atoms with E-state index in [0.29, 0.717) is 70.8 Å². The van der Waals surface area contributed by atoms with Crippen LogP contribution in [0.4, 0.5) is 4.79 Å². The molecule has 2 heterocycles. The third-order valence-electron chi connectivity index (χ3n) is 5.31. The molecule has 0 aromatic rings. The third-order valence-corrected chi connectivity index (χ3v) is 6.81. The lowest BCUT2D eigenvalue weighted by atomic mass is 10.0. The van der Waals surface area contributed by atoms with E-state index in [1.807, 2.05) is 11.8 Å². The molecule has 4 amide bonds. The molecule has 2 rings (SSSR count). The fraction of sp³-hybridized carbons (Fsp3) is 0.857. The SMILES string of the molecule is O=CNCCCOCCOCCOCCCNC(=O)CCCCC1SCC2NC(=O)NC21. The van der Waals surface area contributed by atoms with Gasteiger partial charge in [-0.25, -0.2) is 4.79 Å². The van der Waals surface area contributed by atoms with E-state index in [4.69, 9.17) is 14.2 Å². The topological polar surface area (TPSA) is 127 Å². The second-order valence-corrected chi connectivity index (χ2v) is 9.11. The summed E-state index contributed by atoms with van der Waals surface area (Å²) in [7, 11) is 0. The second-order valence-electron chi connectivity index (χ2n) is 7.83. The number of ether oxygens (including phenoxy) is 3. The van der Waals surface area contributed by atoms with Crippen LogP contribution in [0.1, 0.15) is 38.5 Å². The Labute approximate surface area is 194 Å². The van der Waals surface area contributed by atoms with Gasteiger partial charge in [0.25, 0.3) is 0 Å². The highest BCUT2D eigenvalue weighted by Gasteiger charge is 2.42. The molecule has 184 valence electrons. The van der Waals surface area contributed by atoms with Crippen molar-refractivity contribution in [3.63, 3.8) is 0 Å². The van der Waals surface area contributed by atoms with Crippen molar-refractivity contribution >= 4 is 30.1 Å². The van der Waals surface area contributed by atoms with Crippen LogP contribution in [0, 0.1) is 0 Å². The van der Waals surface area contributed by atoms with Crippen molar-refractivity contribution in [2.75, 3.05) is 58.5 Å². The summed E-state index contributed by atoms with van der Waals surface area (Å²) in [5, 5.41) is 11.9. The van der Waals surface area contributed by atoms with Crippen LogP contribution in [0.2, 0.25) is 0 Å². The largest absolute Gasteiger partial charge is 0.379 e. The molecule has 32 heavy (non-hydrogen) atoms. The van der Waals surface area contributed by atoms with E-state index in [1.165, 1.54) is 0 Å². The molecule has 2 aliphatic rings. The minimum Gasteiger partial charge on any atom is -0.379 e. The molecule has 2 fully saturated rings. The summed E-state index contributed by atoms with van der Waals surface area (Å²) in [6.45, 7) is 4.52. The van der Waals surface area contributed by atoms with E-state index in [1.54, 1.807) is 0 Å². The Kier molecular flexibility index (Phi) is 14.2. The third kappa shape index (κ3) is 11.3. The number of hydrogen-bond acceptors (Lipinski definition) is 7. The first kappa shape index (κ1) is 26.7. The molecule has 3 atom stereocenters. The summed E-state index contributed by atoms with van der Waals surface area (Å²) in [6.07, 6.45) is 5.68. The molecule has 4 N–H and O–H groups in total. The molecule has 3 unspecified atom stereocenters. The maximum Gasteiger partial charge on any atom is 0.315 e. The van der Waals surface area contributed by atoms with Gasteiger partial charge in [0, 0.05) is 43.7 Å². The summed E-state index contributed by atoms with van der Waals surface area (Å²) in [5.74, 6) is 1.06. The quantitative estimate of drug-likeness (QED) is 0.114. The molecular weight excluding hydrogens is 436 g/mol. The second kappa shape index (κ2) is 17.0. The molecule has 2 saturated heterocycles.